The Labute approximate surface area is 119 Å². The third kappa shape index (κ3) is 3.64. The van der Waals surface area contributed by atoms with E-state index in [1.807, 2.05) is 0 Å². The molecule has 0 saturated heterocycles. The Morgan fingerprint density at radius 3 is 2.58 bits per heavy atom. The highest BCUT2D eigenvalue weighted by atomic mass is 79.9. The predicted octanol–water partition coefficient (Wildman–Crippen LogP) is 4.16. The fourth-order valence-corrected chi connectivity index (χ4v) is 1.86. The lowest BCUT2D eigenvalue weighted by atomic mass is 10.1. The van der Waals surface area contributed by atoms with Crippen molar-refractivity contribution in [1.29, 1.82) is 0 Å². The SMILES string of the molecule is Cc1ccc(F)cc1OCC(=O)c1ccc(Br)cc1. The van der Waals surface area contributed by atoms with Gasteiger partial charge in [0.25, 0.3) is 0 Å². The number of hydrogen-bond acceptors (Lipinski definition) is 2. The predicted molar refractivity (Wildman–Crippen MR) is 75.1 cm³/mol. The van der Waals surface area contributed by atoms with E-state index in [0.717, 1.165) is 10.0 Å². The van der Waals surface area contributed by atoms with Crippen LogP contribution in [0, 0.1) is 12.7 Å². The minimum atomic E-state index is -0.378. The summed E-state index contributed by atoms with van der Waals surface area (Å²) in [6.07, 6.45) is 0. The summed E-state index contributed by atoms with van der Waals surface area (Å²) in [7, 11) is 0. The molecule has 2 rings (SSSR count). The zero-order chi connectivity index (χ0) is 13.8. The molecule has 98 valence electrons. The molecule has 0 radical (unpaired) electrons. The van der Waals surface area contributed by atoms with Crippen molar-refractivity contribution in [2.24, 2.45) is 0 Å². The van der Waals surface area contributed by atoms with Gasteiger partial charge in [-0.3, -0.25) is 4.79 Å². The first kappa shape index (κ1) is 13.7. The molecule has 0 aliphatic carbocycles. The topological polar surface area (TPSA) is 26.3 Å². The van der Waals surface area contributed by atoms with Crippen LogP contribution in [0.5, 0.6) is 5.75 Å². The van der Waals surface area contributed by atoms with Crippen LogP contribution in [0.15, 0.2) is 46.9 Å². The number of Topliss-reactive ketones (excluding diaryl/α,β-unsaturated/α-hetero) is 1. The average Bonchev–Trinajstić information content (AvgIpc) is 2.40. The van der Waals surface area contributed by atoms with E-state index in [9.17, 15) is 9.18 Å². The van der Waals surface area contributed by atoms with Crippen LogP contribution in [0.4, 0.5) is 4.39 Å². The van der Waals surface area contributed by atoms with Crippen molar-refractivity contribution in [2.45, 2.75) is 6.92 Å². The second-order valence-electron chi connectivity index (χ2n) is 4.13. The minimum Gasteiger partial charge on any atom is -0.485 e. The lowest BCUT2D eigenvalue weighted by Gasteiger charge is -2.08. The van der Waals surface area contributed by atoms with E-state index in [-0.39, 0.29) is 18.2 Å². The van der Waals surface area contributed by atoms with E-state index >= 15 is 0 Å². The molecule has 4 heteroatoms. The molecule has 0 fully saturated rings. The molecule has 0 bridgehead atoms. The fourth-order valence-electron chi connectivity index (χ4n) is 1.59. The Bertz CT molecular complexity index is 594. The number of benzene rings is 2. The van der Waals surface area contributed by atoms with E-state index < -0.39 is 0 Å². The number of halogens is 2. The molecule has 0 heterocycles. The minimum absolute atomic E-state index is 0.105. The van der Waals surface area contributed by atoms with Crippen molar-refractivity contribution in [3.63, 3.8) is 0 Å². The van der Waals surface area contributed by atoms with Gasteiger partial charge in [-0.2, -0.15) is 0 Å². The van der Waals surface area contributed by atoms with Crippen molar-refractivity contribution in [3.8, 4) is 5.75 Å². The molecule has 0 unspecified atom stereocenters. The molecular formula is C15H12BrFO2. The Hall–Kier alpha value is -1.68. The third-order valence-corrected chi connectivity index (χ3v) is 3.20. The van der Waals surface area contributed by atoms with Crippen molar-refractivity contribution in [2.75, 3.05) is 6.61 Å². The van der Waals surface area contributed by atoms with Crippen LogP contribution in [-0.4, -0.2) is 12.4 Å². The Balaban J connectivity index is 2.04. The van der Waals surface area contributed by atoms with Crippen LogP contribution in [0.3, 0.4) is 0 Å². The normalized spacial score (nSPS) is 10.3. The quantitative estimate of drug-likeness (QED) is 0.790. The maximum absolute atomic E-state index is 13.1. The molecule has 2 nitrogen and oxygen atoms in total. The fraction of sp³-hybridized carbons (Fsp3) is 0.133. The molecule has 0 N–H and O–H groups in total. The summed E-state index contributed by atoms with van der Waals surface area (Å²) < 4.78 is 19.3. The highest BCUT2D eigenvalue weighted by molar-refractivity contribution is 9.10. The number of carbonyl (C=O) groups excluding carboxylic acids is 1. The van der Waals surface area contributed by atoms with Gasteiger partial charge in [0.05, 0.1) is 0 Å². The summed E-state index contributed by atoms with van der Waals surface area (Å²) in [6, 6.07) is 11.3. The highest BCUT2D eigenvalue weighted by Gasteiger charge is 2.08. The van der Waals surface area contributed by atoms with Crippen molar-refractivity contribution in [1.82, 2.24) is 0 Å². The molecule has 0 atom stereocenters. The second kappa shape index (κ2) is 5.97. The highest BCUT2D eigenvalue weighted by Crippen LogP contribution is 2.19. The molecule has 0 amide bonds. The van der Waals surface area contributed by atoms with Crippen LogP contribution in [0.25, 0.3) is 0 Å². The summed E-state index contributed by atoms with van der Waals surface area (Å²) in [6.45, 7) is 1.70. The Morgan fingerprint density at radius 1 is 1.21 bits per heavy atom. The van der Waals surface area contributed by atoms with E-state index in [4.69, 9.17) is 4.74 Å². The maximum atomic E-state index is 13.1. The van der Waals surface area contributed by atoms with Crippen molar-refractivity contribution < 1.29 is 13.9 Å². The van der Waals surface area contributed by atoms with E-state index in [1.54, 1.807) is 37.3 Å². The van der Waals surface area contributed by atoms with Crippen LogP contribution >= 0.6 is 15.9 Å². The zero-order valence-corrected chi connectivity index (χ0v) is 11.9. The molecule has 19 heavy (non-hydrogen) atoms. The monoisotopic (exact) mass is 322 g/mol. The zero-order valence-electron chi connectivity index (χ0n) is 10.3. The number of ether oxygens (including phenoxy) is 1. The van der Waals surface area contributed by atoms with Crippen molar-refractivity contribution >= 4 is 21.7 Å². The first-order valence-corrected chi connectivity index (χ1v) is 6.53. The van der Waals surface area contributed by atoms with Gasteiger partial charge >= 0.3 is 0 Å². The maximum Gasteiger partial charge on any atom is 0.200 e. The van der Waals surface area contributed by atoms with Crippen LogP contribution < -0.4 is 4.74 Å². The third-order valence-electron chi connectivity index (χ3n) is 2.68. The standard InChI is InChI=1S/C15H12BrFO2/c1-10-2-7-13(17)8-15(10)19-9-14(18)11-3-5-12(16)6-4-11/h2-8H,9H2,1H3. The van der Waals surface area contributed by atoms with Gasteiger partial charge in [-0.25, -0.2) is 4.39 Å². The molecule has 0 spiro atoms. The number of ketones is 1. The number of carbonyl (C=O) groups is 1. The first-order valence-electron chi connectivity index (χ1n) is 5.74. The van der Waals surface area contributed by atoms with Gasteiger partial charge in [0.2, 0.25) is 0 Å². The number of hydrogen-bond donors (Lipinski definition) is 0. The second-order valence-corrected chi connectivity index (χ2v) is 5.04. The van der Waals surface area contributed by atoms with Gasteiger partial charge in [-0.1, -0.05) is 34.1 Å². The van der Waals surface area contributed by atoms with Gasteiger partial charge in [0, 0.05) is 16.1 Å². The lowest BCUT2D eigenvalue weighted by molar-refractivity contribution is 0.0921. The summed E-state index contributed by atoms with van der Waals surface area (Å²) in [5.74, 6) is -0.127. The molecule has 0 saturated carbocycles. The lowest BCUT2D eigenvalue weighted by Crippen LogP contribution is -2.12. The smallest absolute Gasteiger partial charge is 0.200 e. The molecule has 0 aliphatic heterocycles. The van der Waals surface area contributed by atoms with E-state index in [0.29, 0.717) is 11.3 Å². The molecule has 0 aliphatic rings. The Morgan fingerprint density at radius 2 is 1.89 bits per heavy atom. The van der Waals surface area contributed by atoms with Gasteiger partial charge in [0.1, 0.15) is 11.6 Å². The Kier molecular flexibility index (Phi) is 4.32. The summed E-state index contributed by atoms with van der Waals surface area (Å²) in [4.78, 5) is 11.9. The van der Waals surface area contributed by atoms with Crippen molar-refractivity contribution in [3.05, 3.63) is 63.9 Å². The van der Waals surface area contributed by atoms with Gasteiger partial charge in [-0.05, 0) is 30.7 Å². The van der Waals surface area contributed by atoms with Gasteiger partial charge in [-0.15, -0.1) is 0 Å². The van der Waals surface area contributed by atoms with Gasteiger partial charge < -0.3 is 4.74 Å². The van der Waals surface area contributed by atoms with Gasteiger partial charge in [0.15, 0.2) is 12.4 Å². The van der Waals surface area contributed by atoms with E-state index in [2.05, 4.69) is 15.9 Å². The first-order chi connectivity index (χ1) is 9.06. The van der Waals surface area contributed by atoms with Crippen LogP contribution in [0.1, 0.15) is 15.9 Å². The molecule has 0 aromatic heterocycles. The largest absolute Gasteiger partial charge is 0.485 e. The van der Waals surface area contributed by atoms with Crippen LogP contribution in [-0.2, 0) is 0 Å². The molecule has 2 aromatic rings. The van der Waals surface area contributed by atoms with E-state index in [1.165, 1.54) is 12.1 Å². The summed E-state index contributed by atoms with van der Waals surface area (Å²) in [5.41, 5.74) is 1.36. The average molecular weight is 323 g/mol. The number of aryl methyl sites for hydroxylation is 1. The number of rotatable bonds is 4. The summed E-state index contributed by atoms with van der Waals surface area (Å²) in [5, 5.41) is 0. The molecule has 2 aromatic carbocycles. The molecular weight excluding hydrogens is 311 g/mol. The summed E-state index contributed by atoms with van der Waals surface area (Å²) >= 11 is 3.30. The van der Waals surface area contributed by atoms with Crippen LogP contribution in [0.2, 0.25) is 0 Å².